The highest BCUT2D eigenvalue weighted by Gasteiger charge is 2.14. The fourth-order valence-corrected chi connectivity index (χ4v) is 2.49. The predicted molar refractivity (Wildman–Crippen MR) is 81.1 cm³/mol. The summed E-state index contributed by atoms with van der Waals surface area (Å²) < 4.78 is 0. The summed E-state index contributed by atoms with van der Waals surface area (Å²) in [7, 11) is 0. The average molecular weight is 240 g/mol. The van der Waals surface area contributed by atoms with Gasteiger partial charge in [-0.05, 0) is 40.5 Å². The molecule has 0 saturated heterocycles. The largest absolute Gasteiger partial charge is 0.0616 e. The molecule has 0 radical (unpaired) electrons. The molecule has 0 fully saturated rings. The van der Waals surface area contributed by atoms with E-state index in [4.69, 9.17) is 0 Å². The van der Waals surface area contributed by atoms with Crippen molar-refractivity contribution in [1.82, 2.24) is 0 Å². The Kier molecular flexibility index (Phi) is 3.75. The van der Waals surface area contributed by atoms with Gasteiger partial charge >= 0.3 is 0 Å². The summed E-state index contributed by atoms with van der Waals surface area (Å²) in [5, 5.41) is 2.78. The fourth-order valence-electron chi connectivity index (χ4n) is 2.49. The topological polar surface area (TPSA) is 0 Å². The van der Waals surface area contributed by atoms with Crippen LogP contribution in [0.1, 0.15) is 52.0 Å². The van der Waals surface area contributed by atoms with Crippen LogP contribution in [0.25, 0.3) is 10.8 Å². The van der Waals surface area contributed by atoms with Gasteiger partial charge in [0.2, 0.25) is 0 Å². The van der Waals surface area contributed by atoms with Crippen molar-refractivity contribution in [3.8, 4) is 0 Å². The average Bonchev–Trinajstić information content (AvgIpc) is 2.34. The molecular formula is C18H24. The quantitative estimate of drug-likeness (QED) is 0.639. The lowest BCUT2D eigenvalue weighted by Crippen LogP contribution is -2.07. The van der Waals surface area contributed by atoms with E-state index in [1.165, 1.54) is 29.2 Å². The lowest BCUT2D eigenvalue weighted by Gasteiger charge is -2.22. The zero-order valence-electron chi connectivity index (χ0n) is 12.0. The van der Waals surface area contributed by atoms with Gasteiger partial charge in [-0.25, -0.2) is 0 Å². The molecule has 0 aromatic heterocycles. The Hall–Kier alpha value is -1.30. The number of rotatable bonds is 3. The second-order valence-corrected chi connectivity index (χ2v) is 6.57. The Labute approximate surface area is 111 Å². The second-order valence-electron chi connectivity index (χ2n) is 6.57. The molecule has 0 heterocycles. The van der Waals surface area contributed by atoms with E-state index in [2.05, 4.69) is 70.2 Å². The summed E-state index contributed by atoms with van der Waals surface area (Å²) in [5.74, 6) is 0.635. The summed E-state index contributed by atoms with van der Waals surface area (Å²) >= 11 is 0. The first-order valence-electron chi connectivity index (χ1n) is 6.95. The Balaban J connectivity index is 2.25. The monoisotopic (exact) mass is 240 g/mol. The van der Waals surface area contributed by atoms with E-state index < -0.39 is 0 Å². The lowest BCUT2D eigenvalue weighted by molar-refractivity contribution is 0.353. The van der Waals surface area contributed by atoms with Crippen molar-refractivity contribution in [2.75, 3.05) is 0 Å². The highest BCUT2D eigenvalue weighted by molar-refractivity contribution is 5.86. The molecule has 0 N–H and O–H groups in total. The minimum Gasteiger partial charge on any atom is -0.0616 e. The maximum absolute atomic E-state index is 2.35. The van der Waals surface area contributed by atoms with Crippen LogP contribution in [0.2, 0.25) is 0 Å². The second kappa shape index (κ2) is 5.14. The molecule has 1 unspecified atom stereocenters. The molecule has 0 saturated carbocycles. The van der Waals surface area contributed by atoms with E-state index in [-0.39, 0.29) is 0 Å². The molecule has 0 bridgehead atoms. The van der Waals surface area contributed by atoms with Crippen molar-refractivity contribution in [1.29, 1.82) is 0 Å². The van der Waals surface area contributed by atoms with Crippen LogP contribution in [0.5, 0.6) is 0 Å². The molecule has 0 aliphatic carbocycles. The number of fused-ring (bicyclic) bond motifs is 1. The van der Waals surface area contributed by atoms with Gasteiger partial charge in [0.1, 0.15) is 0 Å². The maximum Gasteiger partial charge on any atom is -0.0149 e. The van der Waals surface area contributed by atoms with E-state index in [9.17, 15) is 0 Å². The van der Waals surface area contributed by atoms with Crippen LogP contribution in [0.3, 0.4) is 0 Å². The van der Waals surface area contributed by atoms with Gasteiger partial charge in [0.15, 0.2) is 0 Å². The first-order chi connectivity index (χ1) is 8.47. The third kappa shape index (κ3) is 3.13. The van der Waals surface area contributed by atoms with Crippen molar-refractivity contribution in [3.63, 3.8) is 0 Å². The normalized spacial score (nSPS) is 13.8. The summed E-state index contributed by atoms with van der Waals surface area (Å²) in [6, 6.07) is 15.4. The van der Waals surface area contributed by atoms with Crippen LogP contribution < -0.4 is 0 Å². The standard InChI is InChI=1S/C18H24/c1-14(12-13-18(2,3)4)16-11-7-9-15-8-5-6-10-17(15)16/h5-11,14H,12-13H2,1-4H3. The van der Waals surface area contributed by atoms with Crippen LogP contribution in [-0.2, 0) is 0 Å². The number of hydrogen-bond donors (Lipinski definition) is 0. The maximum atomic E-state index is 2.35. The first kappa shape index (κ1) is 13.1. The molecule has 2 rings (SSSR count). The van der Waals surface area contributed by atoms with Gasteiger partial charge in [-0.1, -0.05) is 70.2 Å². The van der Waals surface area contributed by atoms with Crippen molar-refractivity contribution < 1.29 is 0 Å². The third-order valence-corrected chi connectivity index (χ3v) is 3.68. The number of hydrogen-bond acceptors (Lipinski definition) is 0. The van der Waals surface area contributed by atoms with Crippen LogP contribution in [0.15, 0.2) is 42.5 Å². The molecule has 2 aromatic rings. The van der Waals surface area contributed by atoms with E-state index in [0.717, 1.165) is 0 Å². The molecule has 0 aliphatic rings. The van der Waals surface area contributed by atoms with Crippen LogP contribution in [0.4, 0.5) is 0 Å². The molecule has 0 heteroatoms. The molecule has 96 valence electrons. The minimum absolute atomic E-state index is 0.429. The zero-order valence-corrected chi connectivity index (χ0v) is 12.0. The Morgan fingerprint density at radius 2 is 1.61 bits per heavy atom. The third-order valence-electron chi connectivity index (χ3n) is 3.68. The summed E-state index contributed by atoms with van der Waals surface area (Å²) in [5.41, 5.74) is 1.93. The molecular weight excluding hydrogens is 216 g/mol. The van der Waals surface area contributed by atoms with Crippen LogP contribution >= 0.6 is 0 Å². The van der Waals surface area contributed by atoms with E-state index in [0.29, 0.717) is 11.3 Å². The molecule has 0 aliphatic heterocycles. The van der Waals surface area contributed by atoms with Crippen molar-refractivity contribution in [2.45, 2.75) is 46.5 Å². The predicted octanol–water partition coefficient (Wildman–Crippen LogP) is 5.77. The van der Waals surface area contributed by atoms with Crippen LogP contribution in [-0.4, -0.2) is 0 Å². The fraction of sp³-hybridized carbons (Fsp3) is 0.444. The van der Waals surface area contributed by atoms with Gasteiger partial charge in [-0.15, -0.1) is 0 Å². The molecule has 1 atom stereocenters. The SMILES string of the molecule is CC(CCC(C)(C)C)c1cccc2ccccc12. The Morgan fingerprint density at radius 1 is 0.944 bits per heavy atom. The Bertz CT molecular complexity index is 512. The van der Waals surface area contributed by atoms with E-state index >= 15 is 0 Å². The Morgan fingerprint density at radius 3 is 2.33 bits per heavy atom. The van der Waals surface area contributed by atoms with Gasteiger partial charge in [0.05, 0.1) is 0 Å². The number of benzene rings is 2. The van der Waals surface area contributed by atoms with Gasteiger partial charge in [-0.2, -0.15) is 0 Å². The van der Waals surface area contributed by atoms with E-state index in [1.807, 2.05) is 0 Å². The van der Waals surface area contributed by atoms with E-state index in [1.54, 1.807) is 0 Å². The van der Waals surface area contributed by atoms with Gasteiger partial charge in [-0.3, -0.25) is 0 Å². The zero-order chi connectivity index (χ0) is 13.2. The smallest absolute Gasteiger partial charge is 0.0149 e. The molecule has 0 spiro atoms. The first-order valence-corrected chi connectivity index (χ1v) is 6.95. The van der Waals surface area contributed by atoms with Crippen molar-refractivity contribution >= 4 is 10.8 Å². The highest BCUT2D eigenvalue weighted by atomic mass is 14.2. The van der Waals surface area contributed by atoms with Gasteiger partial charge < -0.3 is 0 Å². The van der Waals surface area contributed by atoms with Gasteiger partial charge in [0.25, 0.3) is 0 Å². The molecule has 2 aromatic carbocycles. The molecule has 18 heavy (non-hydrogen) atoms. The summed E-state index contributed by atoms with van der Waals surface area (Å²) in [6.45, 7) is 9.32. The van der Waals surface area contributed by atoms with Crippen molar-refractivity contribution in [3.05, 3.63) is 48.0 Å². The highest BCUT2D eigenvalue weighted by Crippen LogP contribution is 2.32. The summed E-state index contributed by atoms with van der Waals surface area (Å²) in [4.78, 5) is 0. The van der Waals surface area contributed by atoms with Crippen LogP contribution in [0, 0.1) is 5.41 Å². The van der Waals surface area contributed by atoms with Crippen molar-refractivity contribution in [2.24, 2.45) is 5.41 Å². The molecule has 0 amide bonds. The minimum atomic E-state index is 0.429. The summed E-state index contributed by atoms with van der Waals surface area (Å²) in [6.07, 6.45) is 2.54. The van der Waals surface area contributed by atoms with Gasteiger partial charge in [0, 0.05) is 0 Å². The molecule has 0 nitrogen and oxygen atoms in total. The lowest BCUT2D eigenvalue weighted by atomic mass is 9.84.